The van der Waals surface area contributed by atoms with E-state index in [1.54, 1.807) is 0 Å². The van der Waals surface area contributed by atoms with Gasteiger partial charge >= 0.3 is 0 Å². The van der Waals surface area contributed by atoms with E-state index in [1.807, 2.05) is 0 Å². The van der Waals surface area contributed by atoms with Gasteiger partial charge in [0.2, 0.25) is 0 Å². The number of hydrogen-bond acceptors (Lipinski definition) is 2. The first-order chi connectivity index (χ1) is 5.59. The van der Waals surface area contributed by atoms with Crippen LogP contribution in [0.3, 0.4) is 0 Å². The van der Waals surface area contributed by atoms with Gasteiger partial charge in [0.1, 0.15) is 5.78 Å². The Morgan fingerprint density at radius 2 is 2.25 bits per heavy atom. The lowest BCUT2D eigenvalue weighted by Crippen LogP contribution is -2.12. The van der Waals surface area contributed by atoms with Crippen LogP contribution in [-0.4, -0.2) is 17.5 Å². The molecule has 2 atom stereocenters. The fraction of sp³-hybridized carbons (Fsp3) is 0.900. The molecule has 1 saturated carbocycles. The third-order valence-corrected chi connectivity index (χ3v) is 3.09. The average Bonchev–Trinajstić information content (AvgIpc) is 2.39. The maximum absolute atomic E-state index is 11.3. The summed E-state index contributed by atoms with van der Waals surface area (Å²) in [4.78, 5) is 11.3. The minimum atomic E-state index is 0.0584. The number of Topliss-reactive ketones (excluding diaryl/α,β-unsaturated/α-hetero) is 1. The predicted octanol–water partition coefficient (Wildman–Crippen LogP) is 1.92. The Morgan fingerprint density at radius 1 is 1.58 bits per heavy atom. The molecule has 2 aliphatic rings. The standard InChI is InChI=1S/C10H16O2/c1-10(2)9(12-10)6-7-4-3-5-8(7)11/h7,9H,3-6H2,1-2H3. The molecule has 0 radical (unpaired) electrons. The molecule has 2 unspecified atom stereocenters. The van der Waals surface area contributed by atoms with Crippen molar-refractivity contribution in [2.24, 2.45) is 5.92 Å². The Morgan fingerprint density at radius 3 is 2.67 bits per heavy atom. The van der Waals surface area contributed by atoms with Gasteiger partial charge in [-0.05, 0) is 33.1 Å². The number of epoxide rings is 1. The molecule has 2 fully saturated rings. The molecule has 1 aliphatic carbocycles. The van der Waals surface area contributed by atoms with Gasteiger partial charge in [0.25, 0.3) is 0 Å². The van der Waals surface area contributed by atoms with E-state index in [4.69, 9.17) is 4.74 Å². The van der Waals surface area contributed by atoms with Crippen molar-refractivity contribution in [3.8, 4) is 0 Å². The van der Waals surface area contributed by atoms with E-state index in [2.05, 4.69) is 13.8 Å². The molecular weight excluding hydrogens is 152 g/mol. The van der Waals surface area contributed by atoms with Crippen LogP contribution in [0.25, 0.3) is 0 Å². The van der Waals surface area contributed by atoms with E-state index in [0.29, 0.717) is 17.8 Å². The fourth-order valence-electron chi connectivity index (χ4n) is 2.06. The SMILES string of the molecule is CC1(C)OC1CC1CCCC1=O. The number of rotatable bonds is 2. The normalized spacial score (nSPS) is 38.7. The number of carbonyl (C=O) groups excluding carboxylic acids is 1. The van der Waals surface area contributed by atoms with E-state index in [0.717, 1.165) is 25.7 Å². The van der Waals surface area contributed by atoms with Gasteiger partial charge in [-0.1, -0.05) is 0 Å². The van der Waals surface area contributed by atoms with Crippen LogP contribution in [0.2, 0.25) is 0 Å². The summed E-state index contributed by atoms with van der Waals surface area (Å²) in [5, 5.41) is 0. The third kappa shape index (κ3) is 1.40. The lowest BCUT2D eigenvalue weighted by atomic mass is 9.96. The maximum Gasteiger partial charge on any atom is 0.136 e. The number of ether oxygens (including phenoxy) is 1. The second-order valence-electron chi connectivity index (χ2n) is 4.50. The molecular formula is C10H16O2. The molecule has 0 aromatic heterocycles. The minimum Gasteiger partial charge on any atom is -0.367 e. The van der Waals surface area contributed by atoms with Gasteiger partial charge in [-0.15, -0.1) is 0 Å². The summed E-state index contributed by atoms with van der Waals surface area (Å²) < 4.78 is 5.46. The average molecular weight is 168 g/mol. The highest BCUT2D eigenvalue weighted by Crippen LogP contribution is 2.41. The van der Waals surface area contributed by atoms with Gasteiger partial charge in [-0.2, -0.15) is 0 Å². The molecule has 0 amide bonds. The Balaban J connectivity index is 1.84. The van der Waals surface area contributed by atoms with Crippen molar-refractivity contribution in [3.63, 3.8) is 0 Å². The molecule has 2 nitrogen and oxygen atoms in total. The van der Waals surface area contributed by atoms with Crippen molar-refractivity contribution in [1.82, 2.24) is 0 Å². The maximum atomic E-state index is 11.3. The van der Waals surface area contributed by atoms with Crippen LogP contribution in [0, 0.1) is 5.92 Å². The van der Waals surface area contributed by atoms with Gasteiger partial charge in [0.15, 0.2) is 0 Å². The van der Waals surface area contributed by atoms with Crippen molar-refractivity contribution in [3.05, 3.63) is 0 Å². The van der Waals surface area contributed by atoms with Crippen LogP contribution < -0.4 is 0 Å². The summed E-state index contributed by atoms with van der Waals surface area (Å²) in [5.74, 6) is 0.776. The summed E-state index contributed by atoms with van der Waals surface area (Å²) in [7, 11) is 0. The number of carbonyl (C=O) groups is 1. The van der Waals surface area contributed by atoms with Gasteiger partial charge < -0.3 is 4.74 Å². The molecule has 0 bridgehead atoms. The number of ketones is 1. The van der Waals surface area contributed by atoms with Crippen LogP contribution >= 0.6 is 0 Å². The van der Waals surface area contributed by atoms with Crippen LogP contribution in [-0.2, 0) is 9.53 Å². The number of hydrogen-bond donors (Lipinski definition) is 0. The summed E-state index contributed by atoms with van der Waals surface area (Å²) in [6.07, 6.45) is 4.30. The lowest BCUT2D eigenvalue weighted by Gasteiger charge is -2.04. The van der Waals surface area contributed by atoms with Crippen molar-refractivity contribution < 1.29 is 9.53 Å². The largest absolute Gasteiger partial charge is 0.367 e. The van der Waals surface area contributed by atoms with Crippen LogP contribution in [0.4, 0.5) is 0 Å². The summed E-state index contributed by atoms with van der Waals surface area (Å²) in [5.41, 5.74) is 0.0584. The van der Waals surface area contributed by atoms with E-state index in [1.165, 1.54) is 0 Å². The molecule has 0 aromatic carbocycles. The molecule has 1 aliphatic heterocycles. The molecule has 2 rings (SSSR count). The highest BCUT2D eigenvalue weighted by molar-refractivity contribution is 5.82. The zero-order valence-electron chi connectivity index (χ0n) is 7.80. The zero-order valence-corrected chi connectivity index (χ0v) is 7.80. The first-order valence-electron chi connectivity index (χ1n) is 4.80. The van der Waals surface area contributed by atoms with Crippen molar-refractivity contribution in [2.45, 2.75) is 51.2 Å². The minimum absolute atomic E-state index is 0.0584. The van der Waals surface area contributed by atoms with Gasteiger partial charge in [-0.25, -0.2) is 0 Å². The molecule has 2 heteroatoms. The monoisotopic (exact) mass is 168 g/mol. The van der Waals surface area contributed by atoms with E-state index < -0.39 is 0 Å². The molecule has 0 N–H and O–H groups in total. The smallest absolute Gasteiger partial charge is 0.136 e. The molecule has 1 saturated heterocycles. The van der Waals surface area contributed by atoms with E-state index >= 15 is 0 Å². The van der Waals surface area contributed by atoms with Crippen LogP contribution in [0.15, 0.2) is 0 Å². The van der Waals surface area contributed by atoms with Crippen LogP contribution in [0.1, 0.15) is 39.5 Å². The Bertz CT molecular complexity index is 208. The lowest BCUT2D eigenvalue weighted by molar-refractivity contribution is -0.120. The topological polar surface area (TPSA) is 29.6 Å². The van der Waals surface area contributed by atoms with Gasteiger partial charge in [0, 0.05) is 12.3 Å². The Hall–Kier alpha value is -0.370. The summed E-state index contributed by atoms with van der Waals surface area (Å²) in [6.45, 7) is 4.19. The second kappa shape index (κ2) is 2.56. The molecule has 12 heavy (non-hydrogen) atoms. The van der Waals surface area contributed by atoms with E-state index in [9.17, 15) is 4.79 Å². The first-order valence-corrected chi connectivity index (χ1v) is 4.80. The Labute approximate surface area is 73.3 Å². The van der Waals surface area contributed by atoms with Gasteiger partial charge in [0.05, 0.1) is 11.7 Å². The quantitative estimate of drug-likeness (QED) is 0.589. The predicted molar refractivity (Wildman–Crippen MR) is 45.9 cm³/mol. The van der Waals surface area contributed by atoms with E-state index in [-0.39, 0.29) is 5.60 Å². The van der Waals surface area contributed by atoms with Gasteiger partial charge in [-0.3, -0.25) is 4.79 Å². The molecule has 68 valence electrons. The summed E-state index contributed by atoms with van der Waals surface area (Å²) >= 11 is 0. The van der Waals surface area contributed by atoms with Crippen molar-refractivity contribution >= 4 is 5.78 Å². The molecule has 0 spiro atoms. The Kier molecular flexibility index (Phi) is 1.76. The van der Waals surface area contributed by atoms with Crippen molar-refractivity contribution in [1.29, 1.82) is 0 Å². The van der Waals surface area contributed by atoms with Crippen LogP contribution in [0.5, 0.6) is 0 Å². The highest BCUT2D eigenvalue weighted by atomic mass is 16.6. The highest BCUT2D eigenvalue weighted by Gasteiger charge is 2.49. The second-order valence-corrected chi connectivity index (χ2v) is 4.50. The third-order valence-electron chi connectivity index (χ3n) is 3.09. The van der Waals surface area contributed by atoms with Crippen molar-refractivity contribution in [2.75, 3.05) is 0 Å². The summed E-state index contributed by atoms with van der Waals surface area (Å²) in [6, 6.07) is 0. The molecule has 0 aromatic rings. The zero-order chi connectivity index (χ0) is 8.77. The fourth-order valence-corrected chi connectivity index (χ4v) is 2.06. The first kappa shape index (κ1) is 8.24. The molecule has 1 heterocycles.